The Morgan fingerprint density at radius 3 is 2.60 bits per heavy atom. The number of halogens is 1. The van der Waals surface area contributed by atoms with Crippen LogP contribution in [0.5, 0.6) is 0 Å². The van der Waals surface area contributed by atoms with Crippen LogP contribution in [0.15, 0.2) is 16.6 Å². The van der Waals surface area contributed by atoms with Gasteiger partial charge < -0.3 is 0 Å². The molecule has 0 aromatic heterocycles. The highest BCUT2D eigenvalue weighted by molar-refractivity contribution is 9.10. The van der Waals surface area contributed by atoms with Gasteiger partial charge in [-0.1, -0.05) is 0 Å². The lowest BCUT2D eigenvalue weighted by Crippen LogP contribution is -2.01. The van der Waals surface area contributed by atoms with Crippen molar-refractivity contribution in [1.82, 2.24) is 0 Å². The van der Waals surface area contributed by atoms with Crippen LogP contribution >= 0.6 is 15.9 Å². The molecule has 15 heavy (non-hydrogen) atoms. The predicted molar refractivity (Wildman–Crippen MR) is 55.5 cm³/mol. The Bertz CT molecular complexity index is 491. The molecule has 0 aliphatic heterocycles. The second-order valence-corrected chi connectivity index (χ2v) is 3.63. The number of nitro benzene ring substituents is 1. The third kappa shape index (κ3) is 2.19. The van der Waals surface area contributed by atoms with Crippen LogP contribution in [0.25, 0.3) is 0 Å². The molecule has 0 atom stereocenters. The smallest absolute Gasteiger partial charge is 0.281 e. The van der Waals surface area contributed by atoms with E-state index in [4.69, 9.17) is 5.26 Å². The largest absolute Gasteiger partial charge is 0.294 e. The maximum atomic E-state index is 11.1. The molecule has 0 bridgehead atoms. The van der Waals surface area contributed by atoms with Crippen LogP contribution in [0.1, 0.15) is 22.8 Å². The molecule has 1 rings (SSSR count). The number of carbonyl (C=O) groups excluding carboxylic acids is 1. The fraction of sp³-hybridized carbons (Fsp3) is 0.111. The highest BCUT2D eigenvalue weighted by atomic mass is 79.9. The van der Waals surface area contributed by atoms with Crippen LogP contribution in [-0.4, -0.2) is 10.7 Å². The zero-order chi connectivity index (χ0) is 11.6. The van der Waals surface area contributed by atoms with Crippen LogP contribution in [-0.2, 0) is 0 Å². The van der Waals surface area contributed by atoms with Crippen molar-refractivity contribution in [3.05, 3.63) is 37.8 Å². The summed E-state index contributed by atoms with van der Waals surface area (Å²) < 4.78 is 0.307. The zero-order valence-electron chi connectivity index (χ0n) is 7.65. The molecule has 1 aromatic carbocycles. The van der Waals surface area contributed by atoms with Crippen molar-refractivity contribution < 1.29 is 9.72 Å². The van der Waals surface area contributed by atoms with Crippen molar-refractivity contribution >= 4 is 27.4 Å². The van der Waals surface area contributed by atoms with Gasteiger partial charge in [-0.2, -0.15) is 5.26 Å². The number of hydrogen-bond donors (Lipinski definition) is 0. The Balaban J connectivity index is 3.54. The standard InChI is InChI=1S/C9H5BrN2O3/c1-5(13)7-2-6(4-11)8(10)3-9(7)12(14)15/h2-3H,1H3. The number of Topliss-reactive ketones (excluding diaryl/α,β-unsaturated/α-hetero) is 1. The molecule has 0 N–H and O–H groups in total. The lowest BCUT2D eigenvalue weighted by molar-refractivity contribution is -0.385. The number of rotatable bonds is 2. The second kappa shape index (κ2) is 4.19. The van der Waals surface area contributed by atoms with Gasteiger partial charge in [-0.05, 0) is 28.9 Å². The van der Waals surface area contributed by atoms with Gasteiger partial charge in [-0.25, -0.2) is 0 Å². The summed E-state index contributed by atoms with van der Waals surface area (Å²) in [6.45, 7) is 1.22. The van der Waals surface area contributed by atoms with E-state index in [0.717, 1.165) is 6.07 Å². The van der Waals surface area contributed by atoms with E-state index in [9.17, 15) is 14.9 Å². The molecule has 0 amide bonds. The Labute approximate surface area is 93.6 Å². The minimum Gasteiger partial charge on any atom is -0.294 e. The fourth-order valence-corrected chi connectivity index (χ4v) is 1.50. The highest BCUT2D eigenvalue weighted by Crippen LogP contribution is 2.27. The molecule has 0 unspecified atom stereocenters. The average Bonchev–Trinajstić information content (AvgIpc) is 2.16. The number of nitriles is 1. The summed E-state index contributed by atoms with van der Waals surface area (Å²) in [4.78, 5) is 21.1. The van der Waals surface area contributed by atoms with Crippen LogP contribution in [0, 0.1) is 21.4 Å². The number of carbonyl (C=O) groups is 1. The Morgan fingerprint density at radius 2 is 2.20 bits per heavy atom. The molecule has 0 aliphatic rings. The molecule has 1 aromatic rings. The molecule has 0 heterocycles. The summed E-state index contributed by atoms with van der Waals surface area (Å²) in [7, 11) is 0. The number of nitrogens with zero attached hydrogens (tertiary/aromatic N) is 2. The van der Waals surface area contributed by atoms with Crippen molar-refractivity contribution in [3.63, 3.8) is 0 Å². The van der Waals surface area contributed by atoms with Crippen LogP contribution in [0.2, 0.25) is 0 Å². The summed E-state index contributed by atoms with van der Waals surface area (Å²) in [6, 6.07) is 4.21. The molecule has 0 saturated carbocycles. The topological polar surface area (TPSA) is 84.0 Å². The van der Waals surface area contributed by atoms with Crippen molar-refractivity contribution in [2.24, 2.45) is 0 Å². The van der Waals surface area contributed by atoms with E-state index in [1.165, 1.54) is 13.0 Å². The van der Waals surface area contributed by atoms with Crippen LogP contribution in [0.4, 0.5) is 5.69 Å². The van der Waals surface area contributed by atoms with Gasteiger partial charge in [0.2, 0.25) is 0 Å². The third-order valence-corrected chi connectivity index (χ3v) is 2.44. The van der Waals surface area contributed by atoms with Gasteiger partial charge in [0, 0.05) is 10.5 Å². The second-order valence-electron chi connectivity index (χ2n) is 2.77. The van der Waals surface area contributed by atoms with Gasteiger partial charge in [-0.3, -0.25) is 14.9 Å². The van der Waals surface area contributed by atoms with Crippen molar-refractivity contribution in [2.75, 3.05) is 0 Å². The van der Waals surface area contributed by atoms with Gasteiger partial charge in [0.1, 0.15) is 6.07 Å². The van der Waals surface area contributed by atoms with Gasteiger partial charge in [-0.15, -0.1) is 0 Å². The minimum atomic E-state index is -0.650. The van der Waals surface area contributed by atoms with E-state index >= 15 is 0 Å². The molecular formula is C9H5BrN2O3. The Hall–Kier alpha value is -1.74. The van der Waals surface area contributed by atoms with Crippen LogP contribution in [0.3, 0.4) is 0 Å². The predicted octanol–water partition coefficient (Wildman–Crippen LogP) is 2.43. The molecular weight excluding hydrogens is 264 g/mol. The summed E-state index contributed by atoms with van der Waals surface area (Å²) in [5.41, 5.74) is -0.154. The molecule has 0 radical (unpaired) electrons. The first-order valence-electron chi connectivity index (χ1n) is 3.86. The van der Waals surface area contributed by atoms with Crippen molar-refractivity contribution in [2.45, 2.75) is 6.92 Å². The van der Waals surface area contributed by atoms with Gasteiger partial charge in [0.05, 0.1) is 16.1 Å². The third-order valence-electron chi connectivity index (χ3n) is 1.78. The summed E-state index contributed by atoms with van der Waals surface area (Å²) in [6.07, 6.45) is 0. The number of nitro groups is 1. The molecule has 0 spiro atoms. The lowest BCUT2D eigenvalue weighted by Gasteiger charge is -2.01. The number of ketones is 1. The Morgan fingerprint density at radius 1 is 1.60 bits per heavy atom. The van der Waals surface area contributed by atoms with E-state index in [1.807, 2.05) is 6.07 Å². The van der Waals surface area contributed by atoms with Gasteiger partial charge in [0.25, 0.3) is 5.69 Å². The molecule has 0 fully saturated rings. The average molecular weight is 269 g/mol. The van der Waals surface area contributed by atoms with E-state index in [0.29, 0.717) is 4.47 Å². The molecule has 0 aliphatic carbocycles. The summed E-state index contributed by atoms with van der Waals surface area (Å²) >= 11 is 3.02. The normalized spacial score (nSPS) is 9.40. The lowest BCUT2D eigenvalue weighted by atomic mass is 10.1. The van der Waals surface area contributed by atoms with Crippen molar-refractivity contribution in [1.29, 1.82) is 5.26 Å². The van der Waals surface area contributed by atoms with Crippen LogP contribution < -0.4 is 0 Å². The maximum Gasteiger partial charge on any atom is 0.281 e. The minimum absolute atomic E-state index is 0.0558. The maximum absolute atomic E-state index is 11.1. The monoisotopic (exact) mass is 268 g/mol. The molecule has 5 nitrogen and oxygen atoms in total. The first kappa shape index (κ1) is 11.3. The molecule has 76 valence electrons. The van der Waals surface area contributed by atoms with Gasteiger partial charge >= 0.3 is 0 Å². The van der Waals surface area contributed by atoms with E-state index < -0.39 is 10.7 Å². The quantitative estimate of drug-likeness (QED) is 0.469. The molecule has 0 saturated heterocycles. The van der Waals surface area contributed by atoms with Gasteiger partial charge in [0.15, 0.2) is 5.78 Å². The van der Waals surface area contributed by atoms with E-state index in [1.54, 1.807) is 0 Å². The summed E-state index contributed by atoms with van der Waals surface area (Å²) in [5, 5.41) is 19.3. The zero-order valence-corrected chi connectivity index (χ0v) is 9.24. The fourth-order valence-electron chi connectivity index (χ4n) is 1.08. The Kier molecular flexibility index (Phi) is 3.17. The SMILES string of the molecule is CC(=O)c1cc(C#N)c(Br)cc1[N+](=O)[O-]. The number of benzene rings is 1. The van der Waals surface area contributed by atoms with Crippen molar-refractivity contribution in [3.8, 4) is 6.07 Å². The summed E-state index contributed by atoms with van der Waals surface area (Å²) in [5.74, 6) is -0.439. The molecule has 6 heteroatoms. The number of hydrogen-bond acceptors (Lipinski definition) is 4. The van der Waals surface area contributed by atoms with E-state index in [2.05, 4.69) is 15.9 Å². The first-order chi connectivity index (χ1) is 6.97. The first-order valence-corrected chi connectivity index (χ1v) is 4.65. The van der Waals surface area contributed by atoms with E-state index in [-0.39, 0.29) is 16.8 Å². The highest BCUT2D eigenvalue weighted by Gasteiger charge is 2.19.